The number of likely N-dealkylation sites (tertiary alicyclic amines) is 1. The van der Waals surface area contributed by atoms with Crippen LogP contribution in [0.15, 0.2) is 4.99 Å². The zero-order valence-electron chi connectivity index (χ0n) is 16.6. The Morgan fingerprint density at radius 3 is 2.36 bits per heavy atom. The maximum atomic E-state index is 12.6. The Bertz CT molecular complexity index is 619. The molecular formula is C17H32F3N5O2S. The second-order valence-corrected chi connectivity index (χ2v) is 9.25. The lowest BCUT2D eigenvalue weighted by Crippen LogP contribution is -2.46. The van der Waals surface area contributed by atoms with Crippen LogP contribution >= 0.6 is 0 Å². The van der Waals surface area contributed by atoms with E-state index in [0.29, 0.717) is 35.7 Å². The Labute approximate surface area is 165 Å². The van der Waals surface area contributed by atoms with Crippen LogP contribution in [-0.4, -0.2) is 80.9 Å². The SMILES string of the molecule is CCNC(=NCC1CCN(S(=O)(=O)C(F)(F)F)CC1)NCC1CCCN1CC. The summed E-state index contributed by atoms with van der Waals surface area (Å²) in [5.74, 6) is 0.782. The largest absolute Gasteiger partial charge is 0.511 e. The van der Waals surface area contributed by atoms with Crippen LogP contribution in [-0.2, 0) is 10.0 Å². The molecule has 0 aromatic rings. The Hall–Kier alpha value is -1.07. The van der Waals surface area contributed by atoms with Gasteiger partial charge in [-0.15, -0.1) is 0 Å². The molecule has 0 aromatic carbocycles. The maximum absolute atomic E-state index is 12.6. The van der Waals surface area contributed by atoms with Gasteiger partial charge in [0.2, 0.25) is 0 Å². The second kappa shape index (κ2) is 10.1. The van der Waals surface area contributed by atoms with E-state index in [9.17, 15) is 21.6 Å². The Kier molecular flexibility index (Phi) is 8.38. The monoisotopic (exact) mass is 427 g/mol. The first kappa shape index (κ1) is 23.2. The van der Waals surface area contributed by atoms with Crippen molar-refractivity contribution < 1.29 is 21.6 Å². The summed E-state index contributed by atoms with van der Waals surface area (Å²) >= 11 is 0. The number of halogens is 3. The lowest BCUT2D eigenvalue weighted by atomic mass is 9.98. The highest BCUT2D eigenvalue weighted by Gasteiger charge is 2.50. The van der Waals surface area contributed by atoms with Crippen LogP contribution < -0.4 is 10.6 Å². The molecule has 0 amide bonds. The van der Waals surface area contributed by atoms with Crippen molar-refractivity contribution in [2.45, 2.75) is 51.1 Å². The van der Waals surface area contributed by atoms with E-state index >= 15 is 0 Å². The molecule has 2 fully saturated rings. The minimum absolute atomic E-state index is 0.0776. The molecule has 2 saturated heterocycles. The number of guanidine groups is 1. The van der Waals surface area contributed by atoms with Crippen LogP contribution in [0.2, 0.25) is 0 Å². The molecule has 1 unspecified atom stereocenters. The molecule has 7 nitrogen and oxygen atoms in total. The predicted molar refractivity (Wildman–Crippen MR) is 104 cm³/mol. The number of nitrogens with zero attached hydrogens (tertiary/aromatic N) is 3. The van der Waals surface area contributed by atoms with Crippen LogP contribution in [0.25, 0.3) is 0 Å². The van der Waals surface area contributed by atoms with E-state index in [2.05, 4.69) is 27.4 Å². The van der Waals surface area contributed by atoms with Crippen molar-refractivity contribution in [3.05, 3.63) is 0 Å². The fourth-order valence-corrected chi connectivity index (χ4v) is 4.78. The summed E-state index contributed by atoms with van der Waals surface area (Å²) in [7, 11) is -5.22. The number of piperidine rings is 1. The molecule has 28 heavy (non-hydrogen) atoms. The van der Waals surface area contributed by atoms with Crippen LogP contribution in [0.4, 0.5) is 13.2 Å². The van der Waals surface area contributed by atoms with Gasteiger partial charge in [-0.3, -0.25) is 9.89 Å². The molecule has 0 radical (unpaired) electrons. The van der Waals surface area contributed by atoms with E-state index in [1.807, 2.05) is 6.92 Å². The van der Waals surface area contributed by atoms with E-state index in [1.165, 1.54) is 6.42 Å². The Balaban J connectivity index is 1.83. The molecule has 2 heterocycles. The van der Waals surface area contributed by atoms with Gasteiger partial charge in [-0.25, -0.2) is 8.42 Å². The van der Waals surface area contributed by atoms with Gasteiger partial charge in [-0.05, 0) is 51.6 Å². The average Bonchev–Trinajstić information content (AvgIpc) is 3.11. The molecule has 0 aromatic heterocycles. The van der Waals surface area contributed by atoms with Crippen molar-refractivity contribution in [1.82, 2.24) is 19.8 Å². The zero-order chi connectivity index (χ0) is 20.8. The van der Waals surface area contributed by atoms with Crippen LogP contribution in [0.3, 0.4) is 0 Å². The van der Waals surface area contributed by atoms with Crippen LogP contribution in [0.5, 0.6) is 0 Å². The molecule has 2 aliphatic heterocycles. The summed E-state index contributed by atoms with van der Waals surface area (Å²) in [4.78, 5) is 7.01. The van der Waals surface area contributed by atoms with Crippen molar-refractivity contribution in [3.8, 4) is 0 Å². The minimum atomic E-state index is -5.23. The number of likely N-dealkylation sites (N-methyl/N-ethyl adjacent to an activating group) is 1. The number of aliphatic imine (C=N–C) groups is 1. The number of hydrogen-bond acceptors (Lipinski definition) is 4. The Morgan fingerprint density at radius 2 is 1.79 bits per heavy atom. The summed E-state index contributed by atoms with van der Waals surface area (Å²) in [6, 6.07) is 0.490. The normalized spacial score (nSPS) is 23.9. The number of hydrogen-bond donors (Lipinski definition) is 2. The maximum Gasteiger partial charge on any atom is 0.511 e. The molecule has 11 heteroatoms. The number of rotatable bonds is 7. The van der Waals surface area contributed by atoms with Crippen molar-refractivity contribution >= 4 is 16.0 Å². The highest BCUT2D eigenvalue weighted by Crippen LogP contribution is 2.30. The lowest BCUT2D eigenvalue weighted by molar-refractivity contribution is -0.0496. The third-order valence-electron chi connectivity index (χ3n) is 5.47. The molecule has 0 spiro atoms. The molecular weight excluding hydrogens is 395 g/mol. The fourth-order valence-electron chi connectivity index (χ4n) is 3.80. The molecule has 0 saturated carbocycles. The van der Waals surface area contributed by atoms with Crippen LogP contribution in [0, 0.1) is 5.92 Å². The van der Waals surface area contributed by atoms with Gasteiger partial charge in [-0.2, -0.15) is 17.5 Å². The van der Waals surface area contributed by atoms with Gasteiger partial charge in [-0.1, -0.05) is 6.92 Å². The summed E-state index contributed by atoms with van der Waals surface area (Å²) in [6.07, 6.45) is 3.12. The van der Waals surface area contributed by atoms with E-state index in [-0.39, 0.29) is 19.0 Å². The molecule has 164 valence electrons. The van der Waals surface area contributed by atoms with E-state index in [1.54, 1.807) is 0 Å². The molecule has 2 rings (SSSR count). The topological polar surface area (TPSA) is 77.0 Å². The molecule has 0 bridgehead atoms. The smallest absolute Gasteiger partial charge is 0.357 e. The average molecular weight is 428 g/mol. The van der Waals surface area contributed by atoms with Crippen molar-refractivity contribution in [2.24, 2.45) is 10.9 Å². The molecule has 2 N–H and O–H groups in total. The standard InChI is InChI=1S/C17H32F3N5O2S/c1-3-21-16(23-13-15-6-5-9-24(15)4-2)22-12-14-7-10-25(11-8-14)28(26,27)17(18,19)20/h14-15H,3-13H2,1-2H3,(H2,21,22,23). The minimum Gasteiger partial charge on any atom is -0.357 e. The molecule has 1 atom stereocenters. The van der Waals surface area contributed by atoms with Gasteiger partial charge in [0.1, 0.15) is 0 Å². The van der Waals surface area contributed by atoms with Crippen molar-refractivity contribution in [2.75, 3.05) is 45.8 Å². The summed E-state index contributed by atoms with van der Waals surface area (Å²) in [5.41, 5.74) is -5.23. The van der Waals surface area contributed by atoms with E-state index in [4.69, 9.17) is 0 Å². The van der Waals surface area contributed by atoms with Crippen molar-refractivity contribution in [3.63, 3.8) is 0 Å². The molecule has 2 aliphatic rings. The van der Waals surface area contributed by atoms with Gasteiger partial charge < -0.3 is 10.6 Å². The Morgan fingerprint density at radius 1 is 1.11 bits per heavy atom. The first-order valence-corrected chi connectivity index (χ1v) is 11.5. The van der Waals surface area contributed by atoms with E-state index < -0.39 is 15.5 Å². The zero-order valence-corrected chi connectivity index (χ0v) is 17.4. The third-order valence-corrected chi connectivity index (χ3v) is 7.10. The summed E-state index contributed by atoms with van der Waals surface area (Å²) in [5, 5.41) is 6.56. The van der Waals surface area contributed by atoms with Gasteiger partial charge >= 0.3 is 15.5 Å². The summed E-state index contributed by atoms with van der Waals surface area (Å²) < 4.78 is 61.4. The lowest BCUT2D eigenvalue weighted by Gasteiger charge is -2.31. The quantitative estimate of drug-likeness (QED) is 0.477. The van der Waals surface area contributed by atoms with Gasteiger partial charge in [0.25, 0.3) is 0 Å². The highest BCUT2D eigenvalue weighted by molar-refractivity contribution is 7.90. The number of nitrogens with one attached hydrogen (secondary N) is 2. The summed E-state index contributed by atoms with van der Waals surface area (Å²) in [6.45, 7) is 8.05. The first-order chi connectivity index (χ1) is 13.2. The van der Waals surface area contributed by atoms with Gasteiger partial charge in [0.05, 0.1) is 0 Å². The highest BCUT2D eigenvalue weighted by atomic mass is 32.2. The fraction of sp³-hybridized carbons (Fsp3) is 0.941. The number of alkyl halides is 3. The van der Waals surface area contributed by atoms with Gasteiger partial charge in [0.15, 0.2) is 5.96 Å². The molecule has 0 aliphatic carbocycles. The first-order valence-electron chi connectivity index (χ1n) is 10.0. The van der Waals surface area contributed by atoms with E-state index in [0.717, 1.165) is 32.6 Å². The van der Waals surface area contributed by atoms with Crippen molar-refractivity contribution in [1.29, 1.82) is 0 Å². The van der Waals surface area contributed by atoms with Crippen LogP contribution in [0.1, 0.15) is 39.5 Å². The predicted octanol–water partition coefficient (Wildman–Crippen LogP) is 1.59. The number of sulfonamides is 1. The third kappa shape index (κ3) is 5.96. The van der Waals surface area contributed by atoms with Gasteiger partial charge in [0, 0.05) is 38.8 Å². The second-order valence-electron chi connectivity index (χ2n) is 7.32.